The topological polar surface area (TPSA) is 34.1 Å². The molecule has 1 aromatic heterocycles. The summed E-state index contributed by atoms with van der Waals surface area (Å²) in [5.41, 5.74) is 3.33. The Bertz CT molecular complexity index is 601. The summed E-state index contributed by atoms with van der Waals surface area (Å²) < 4.78 is 5.33. The molecule has 1 N–H and O–H groups in total. The normalized spacial score (nSPS) is 12.2. The number of halogens is 1. The van der Waals surface area contributed by atoms with Gasteiger partial charge in [0, 0.05) is 11.9 Å². The second-order valence-corrected chi connectivity index (χ2v) is 5.37. The van der Waals surface area contributed by atoms with E-state index in [9.17, 15) is 0 Å². The third kappa shape index (κ3) is 3.74. The zero-order valence-electron chi connectivity index (χ0n) is 12.7. The van der Waals surface area contributed by atoms with Gasteiger partial charge in [0.1, 0.15) is 5.75 Å². The van der Waals surface area contributed by atoms with Crippen molar-refractivity contribution >= 4 is 11.6 Å². The second-order valence-electron chi connectivity index (χ2n) is 4.96. The summed E-state index contributed by atoms with van der Waals surface area (Å²) in [6.07, 6.45) is 2.89. The molecule has 0 aliphatic heterocycles. The fraction of sp³-hybridized carbons (Fsp3) is 0.353. The van der Waals surface area contributed by atoms with Gasteiger partial charge in [-0.05, 0) is 49.2 Å². The van der Waals surface area contributed by atoms with Crippen LogP contribution in [-0.2, 0) is 0 Å². The van der Waals surface area contributed by atoms with Gasteiger partial charge >= 0.3 is 0 Å². The van der Waals surface area contributed by atoms with E-state index in [-0.39, 0.29) is 6.04 Å². The number of aromatic nitrogens is 1. The van der Waals surface area contributed by atoms with E-state index in [1.165, 1.54) is 5.56 Å². The first-order chi connectivity index (χ1) is 10.2. The highest BCUT2D eigenvalue weighted by Crippen LogP contribution is 2.31. The molecule has 2 rings (SSSR count). The largest absolute Gasteiger partial charge is 0.495 e. The third-order valence-electron chi connectivity index (χ3n) is 3.47. The summed E-state index contributed by atoms with van der Waals surface area (Å²) in [6, 6.07) is 10.1. The van der Waals surface area contributed by atoms with Crippen molar-refractivity contribution in [2.45, 2.75) is 26.3 Å². The number of pyridine rings is 1. The number of hydrogen-bond donors (Lipinski definition) is 1. The van der Waals surface area contributed by atoms with Gasteiger partial charge in [-0.2, -0.15) is 0 Å². The lowest BCUT2D eigenvalue weighted by Gasteiger charge is -2.21. The van der Waals surface area contributed by atoms with Gasteiger partial charge < -0.3 is 10.1 Å². The van der Waals surface area contributed by atoms with Gasteiger partial charge in [-0.1, -0.05) is 30.7 Å². The zero-order chi connectivity index (χ0) is 15.2. The number of ether oxygens (including phenoxy) is 1. The highest BCUT2D eigenvalue weighted by atomic mass is 35.5. The molecule has 0 spiro atoms. The van der Waals surface area contributed by atoms with Crippen molar-refractivity contribution < 1.29 is 4.74 Å². The van der Waals surface area contributed by atoms with Crippen molar-refractivity contribution in [3.63, 3.8) is 0 Å². The Kier molecular flexibility index (Phi) is 5.59. The fourth-order valence-electron chi connectivity index (χ4n) is 2.35. The van der Waals surface area contributed by atoms with Gasteiger partial charge in [0.25, 0.3) is 0 Å². The zero-order valence-corrected chi connectivity index (χ0v) is 13.4. The minimum absolute atomic E-state index is 0.0878. The van der Waals surface area contributed by atoms with Crippen molar-refractivity contribution in [3.8, 4) is 5.75 Å². The van der Waals surface area contributed by atoms with Gasteiger partial charge in [-0.25, -0.2) is 0 Å². The molecule has 0 saturated heterocycles. The number of benzene rings is 1. The van der Waals surface area contributed by atoms with Crippen LogP contribution >= 0.6 is 11.6 Å². The molecule has 0 bridgehead atoms. The number of hydrogen-bond acceptors (Lipinski definition) is 3. The highest BCUT2D eigenvalue weighted by molar-refractivity contribution is 6.32. The van der Waals surface area contributed by atoms with Gasteiger partial charge in [0.15, 0.2) is 0 Å². The van der Waals surface area contributed by atoms with Crippen LogP contribution in [0.5, 0.6) is 5.75 Å². The molecule has 1 atom stereocenters. The molecule has 0 fully saturated rings. The maximum atomic E-state index is 6.12. The molecule has 1 aromatic carbocycles. The average Bonchev–Trinajstić information content (AvgIpc) is 2.50. The highest BCUT2D eigenvalue weighted by Gasteiger charge is 2.17. The smallest absolute Gasteiger partial charge is 0.137 e. The summed E-state index contributed by atoms with van der Waals surface area (Å²) in [6.45, 7) is 5.12. The van der Waals surface area contributed by atoms with E-state index in [0.717, 1.165) is 24.2 Å². The monoisotopic (exact) mass is 304 g/mol. The van der Waals surface area contributed by atoms with Gasteiger partial charge in [0.2, 0.25) is 0 Å². The molecule has 4 heteroatoms. The van der Waals surface area contributed by atoms with Crippen LogP contribution in [0.2, 0.25) is 5.02 Å². The van der Waals surface area contributed by atoms with Crippen molar-refractivity contribution in [1.82, 2.24) is 10.3 Å². The predicted octanol–water partition coefficient (Wildman–Crippen LogP) is 4.14. The molecule has 3 nitrogen and oxygen atoms in total. The lowest BCUT2D eigenvalue weighted by Crippen LogP contribution is -2.24. The molecule has 1 unspecified atom stereocenters. The Morgan fingerprint density at radius 2 is 2.14 bits per heavy atom. The number of nitrogens with one attached hydrogen (secondary N) is 1. The summed E-state index contributed by atoms with van der Waals surface area (Å²) in [5.74, 6) is 0.694. The molecule has 21 heavy (non-hydrogen) atoms. The van der Waals surface area contributed by atoms with Gasteiger partial charge in [-0.3, -0.25) is 4.98 Å². The summed E-state index contributed by atoms with van der Waals surface area (Å²) >= 11 is 6.12. The molecule has 0 radical (unpaired) electrons. The van der Waals surface area contributed by atoms with Gasteiger partial charge in [0.05, 0.1) is 18.2 Å². The van der Waals surface area contributed by atoms with Crippen LogP contribution in [0, 0.1) is 6.92 Å². The molecule has 0 saturated carbocycles. The van der Waals surface area contributed by atoms with Crippen molar-refractivity contribution in [3.05, 3.63) is 58.4 Å². The minimum atomic E-state index is 0.0878. The van der Waals surface area contributed by atoms with E-state index < -0.39 is 0 Å². The van der Waals surface area contributed by atoms with E-state index in [1.54, 1.807) is 7.11 Å². The van der Waals surface area contributed by atoms with Gasteiger partial charge in [-0.15, -0.1) is 0 Å². The molecule has 0 aliphatic rings. The standard InChI is InChI=1S/C17H21ClN2O/c1-4-9-20-17(14-6-5-10-19-12(14)2)13-7-8-15(18)16(11-13)21-3/h5-8,10-11,17,20H,4,9H2,1-3H3. The maximum absolute atomic E-state index is 6.12. The van der Waals surface area contributed by atoms with Crippen molar-refractivity contribution in [2.24, 2.45) is 0 Å². The van der Waals surface area contributed by atoms with Crippen LogP contribution < -0.4 is 10.1 Å². The van der Waals surface area contributed by atoms with E-state index in [0.29, 0.717) is 10.8 Å². The molecule has 0 aliphatic carbocycles. The van der Waals surface area contributed by atoms with Crippen LogP contribution in [0.25, 0.3) is 0 Å². The number of methoxy groups -OCH3 is 1. The first kappa shape index (κ1) is 15.8. The van der Waals surface area contributed by atoms with Crippen LogP contribution in [0.4, 0.5) is 0 Å². The second kappa shape index (κ2) is 7.43. The Balaban J connectivity index is 2.43. The van der Waals surface area contributed by atoms with E-state index in [1.807, 2.05) is 37.4 Å². The summed E-state index contributed by atoms with van der Waals surface area (Å²) in [4.78, 5) is 4.40. The minimum Gasteiger partial charge on any atom is -0.495 e. The van der Waals surface area contributed by atoms with Crippen molar-refractivity contribution in [2.75, 3.05) is 13.7 Å². The molecule has 2 aromatic rings. The van der Waals surface area contributed by atoms with Crippen molar-refractivity contribution in [1.29, 1.82) is 0 Å². The molecule has 112 valence electrons. The fourth-order valence-corrected chi connectivity index (χ4v) is 2.55. The lowest BCUT2D eigenvalue weighted by atomic mass is 9.97. The van der Waals surface area contributed by atoms with Crippen LogP contribution in [0.3, 0.4) is 0 Å². The van der Waals surface area contributed by atoms with Crippen LogP contribution in [0.15, 0.2) is 36.5 Å². The first-order valence-electron chi connectivity index (χ1n) is 7.15. The number of aryl methyl sites for hydroxylation is 1. The molecule has 0 amide bonds. The quantitative estimate of drug-likeness (QED) is 0.871. The Morgan fingerprint density at radius 3 is 2.81 bits per heavy atom. The van der Waals surface area contributed by atoms with Crippen LogP contribution in [-0.4, -0.2) is 18.6 Å². The molecular formula is C17H21ClN2O. The SMILES string of the molecule is CCCNC(c1ccc(Cl)c(OC)c1)c1cccnc1C. The summed E-state index contributed by atoms with van der Waals surface area (Å²) in [7, 11) is 1.63. The Morgan fingerprint density at radius 1 is 1.33 bits per heavy atom. The first-order valence-corrected chi connectivity index (χ1v) is 7.53. The summed E-state index contributed by atoms with van der Waals surface area (Å²) in [5, 5.41) is 4.20. The van der Waals surface area contributed by atoms with Crippen LogP contribution in [0.1, 0.15) is 36.2 Å². The predicted molar refractivity (Wildman–Crippen MR) is 87.1 cm³/mol. The van der Waals surface area contributed by atoms with E-state index in [2.05, 4.69) is 23.3 Å². The number of nitrogens with zero attached hydrogens (tertiary/aromatic N) is 1. The van der Waals surface area contributed by atoms with E-state index in [4.69, 9.17) is 16.3 Å². The lowest BCUT2D eigenvalue weighted by molar-refractivity contribution is 0.414. The molecular weight excluding hydrogens is 284 g/mol. The maximum Gasteiger partial charge on any atom is 0.137 e. The number of rotatable bonds is 6. The molecule has 1 heterocycles. The Labute approximate surface area is 131 Å². The third-order valence-corrected chi connectivity index (χ3v) is 3.78. The Hall–Kier alpha value is -1.58. The van der Waals surface area contributed by atoms with E-state index >= 15 is 0 Å². The average molecular weight is 305 g/mol.